The molecule has 0 aliphatic rings. The fourth-order valence-electron chi connectivity index (χ4n) is 1.57. The van der Waals surface area contributed by atoms with Crippen molar-refractivity contribution in [1.29, 1.82) is 0 Å². The second kappa shape index (κ2) is 5.96. The van der Waals surface area contributed by atoms with Gasteiger partial charge < -0.3 is 10.4 Å². The van der Waals surface area contributed by atoms with E-state index in [4.69, 9.17) is 5.11 Å². The average molecular weight is 247 g/mol. The first-order valence-corrected chi connectivity index (χ1v) is 6.59. The zero-order chi connectivity index (χ0) is 12.1. The predicted molar refractivity (Wildman–Crippen MR) is 73.1 cm³/mol. The quantitative estimate of drug-likeness (QED) is 0.851. The monoisotopic (exact) mass is 247 g/mol. The van der Waals surface area contributed by atoms with Gasteiger partial charge in [0, 0.05) is 22.3 Å². The summed E-state index contributed by atoms with van der Waals surface area (Å²) in [5.74, 6) is 0. The van der Waals surface area contributed by atoms with Crippen molar-refractivity contribution in [3.05, 3.63) is 47.3 Å². The zero-order valence-corrected chi connectivity index (χ0v) is 10.7. The minimum Gasteiger partial charge on any atom is -0.395 e. The van der Waals surface area contributed by atoms with Gasteiger partial charge in [0.1, 0.15) is 0 Å². The van der Waals surface area contributed by atoms with Gasteiger partial charge in [-0.2, -0.15) is 0 Å². The summed E-state index contributed by atoms with van der Waals surface area (Å²) in [6.45, 7) is 2.97. The fraction of sp³-hybridized carbons (Fsp3) is 0.286. The predicted octanol–water partition coefficient (Wildman–Crippen LogP) is 2.89. The van der Waals surface area contributed by atoms with Crippen LogP contribution in [0.1, 0.15) is 11.8 Å². The summed E-state index contributed by atoms with van der Waals surface area (Å²) in [5.41, 5.74) is 1.26. The molecule has 17 heavy (non-hydrogen) atoms. The molecule has 2 rings (SSSR count). The number of hydrogen-bond donors (Lipinski definition) is 2. The molecule has 90 valence electrons. The Balaban J connectivity index is 2.01. The molecule has 0 aliphatic carbocycles. The molecule has 1 atom stereocenters. The van der Waals surface area contributed by atoms with Crippen LogP contribution in [0, 0.1) is 0 Å². The first-order valence-electron chi connectivity index (χ1n) is 5.78. The van der Waals surface area contributed by atoms with Gasteiger partial charge >= 0.3 is 0 Å². The molecule has 0 aliphatic heterocycles. The summed E-state index contributed by atoms with van der Waals surface area (Å²) >= 11 is 1.79. The number of aliphatic hydroxyl groups excluding tert-OH is 1. The van der Waals surface area contributed by atoms with Gasteiger partial charge in [-0.05, 0) is 24.6 Å². The molecule has 1 aromatic heterocycles. The summed E-state index contributed by atoms with van der Waals surface area (Å²) in [7, 11) is 0. The molecule has 0 amide bonds. The number of aliphatic hydroxyl groups is 1. The van der Waals surface area contributed by atoms with Crippen LogP contribution in [0.25, 0.3) is 10.4 Å². The van der Waals surface area contributed by atoms with Crippen LogP contribution in [0.2, 0.25) is 0 Å². The van der Waals surface area contributed by atoms with E-state index in [-0.39, 0.29) is 12.6 Å². The van der Waals surface area contributed by atoms with Gasteiger partial charge in [-0.15, -0.1) is 11.3 Å². The molecular formula is C14H17NOS. The molecule has 0 fully saturated rings. The van der Waals surface area contributed by atoms with E-state index in [1.165, 1.54) is 15.3 Å². The van der Waals surface area contributed by atoms with Crippen molar-refractivity contribution in [3.8, 4) is 10.4 Å². The Morgan fingerprint density at radius 3 is 2.65 bits per heavy atom. The first kappa shape index (κ1) is 12.3. The first-order chi connectivity index (χ1) is 8.29. The smallest absolute Gasteiger partial charge is 0.0582 e. The van der Waals surface area contributed by atoms with E-state index < -0.39 is 0 Å². The summed E-state index contributed by atoms with van der Waals surface area (Å²) in [4.78, 5) is 2.59. The van der Waals surface area contributed by atoms with Crippen molar-refractivity contribution in [1.82, 2.24) is 5.32 Å². The summed E-state index contributed by atoms with van der Waals surface area (Å²) in [5, 5.41) is 12.2. The van der Waals surface area contributed by atoms with E-state index in [1.54, 1.807) is 11.3 Å². The Morgan fingerprint density at radius 2 is 1.94 bits per heavy atom. The second-order valence-corrected chi connectivity index (χ2v) is 5.26. The highest BCUT2D eigenvalue weighted by Gasteiger charge is 2.04. The molecule has 0 saturated carbocycles. The van der Waals surface area contributed by atoms with E-state index in [1.807, 2.05) is 13.0 Å². The standard InChI is InChI=1S/C14H17NOS/c1-11(10-16)15-9-13-7-8-14(17-13)12-5-3-2-4-6-12/h2-8,11,15-16H,9-10H2,1H3. The van der Waals surface area contributed by atoms with Crippen molar-refractivity contribution in [3.63, 3.8) is 0 Å². The normalized spacial score (nSPS) is 12.6. The van der Waals surface area contributed by atoms with Gasteiger partial charge in [-0.3, -0.25) is 0 Å². The highest BCUT2D eigenvalue weighted by atomic mass is 32.1. The molecule has 0 spiro atoms. The molecule has 1 heterocycles. The number of benzene rings is 1. The third-order valence-corrected chi connectivity index (χ3v) is 3.75. The van der Waals surface area contributed by atoms with Crippen molar-refractivity contribution in [2.75, 3.05) is 6.61 Å². The maximum atomic E-state index is 8.94. The second-order valence-electron chi connectivity index (χ2n) is 4.10. The van der Waals surface area contributed by atoms with Crippen molar-refractivity contribution >= 4 is 11.3 Å². The molecule has 0 radical (unpaired) electrons. The van der Waals surface area contributed by atoms with Crippen LogP contribution < -0.4 is 5.32 Å². The van der Waals surface area contributed by atoms with Crippen molar-refractivity contribution in [2.45, 2.75) is 19.5 Å². The number of hydrogen-bond acceptors (Lipinski definition) is 3. The lowest BCUT2D eigenvalue weighted by Crippen LogP contribution is -2.28. The molecule has 0 bridgehead atoms. The Labute approximate surface area is 106 Å². The Bertz CT molecular complexity index is 452. The lowest BCUT2D eigenvalue weighted by atomic mass is 10.2. The van der Waals surface area contributed by atoms with Crippen LogP contribution in [-0.2, 0) is 6.54 Å². The van der Waals surface area contributed by atoms with Gasteiger partial charge in [0.15, 0.2) is 0 Å². The summed E-state index contributed by atoms with van der Waals surface area (Å²) in [6.07, 6.45) is 0. The Hall–Kier alpha value is -1.16. The lowest BCUT2D eigenvalue weighted by Gasteiger charge is -2.08. The summed E-state index contributed by atoms with van der Waals surface area (Å²) < 4.78 is 0. The van der Waals surface area contributed by atoms with E-state index in [0.29, 0.717) is 0 Å². The maximum Gasteiger partial charge on any atom is 0.0582 e. The third-order valence-electron chi connectivity index (χ3n) is 2.62. The lowest BCUT2D eigenvalue weighted by molar-refractivity contribution is 0.251. The van der Waals surface area contributed by atoms with Crippen LogP contribution in [-0.4, -0.2) is 17.8 Å². The van der Waals surface area contributed by atoms with E-state index in [2.05, 4.69) is 41.7 Å². The molecule has 2 N–H and O–H groups in total. The molecule has 2 aromatic rings. The fourth-order valence-corrected chi connectivity index (χ4v) is 2.53. The van der Waals surface area contributed by atoms with Gasteiger partial charge in [0.2, 0.25) is 0 Å². The van der Waals surface area contributed by atoms with Gasteiger partial charge in [-0.25, -0.2) is 0 Å². The molecule has 2 nitrogen and oxygen atoms in total. The summed E-state index contributed by atoms with van der Waals surface area (Å²) in [6, 6.07) is 14.8. The highest BCUT2D eigenvalue weighted by molar-refractivity contribution is 7.15. The molecular weight excluding hydrogens is 230 g/mol. The molecule has 0 saturated heterocycles. The Morgan fingerprint density at radius 1 is 1.18 bits per heavy atom. The molecule has 3 heteroatoms. The van der Waals surface area contributed by atoms with Crippen LogP contribution in [0.5, 0.6) is 0 Å². The van der Waals surface area contributed by atoms with Crippen molar-refractivity contribution in [2.24, 2.45) is 0 Å². The third kappa shape index (κ3) is 3.40. The van der Waals surface area contributed by atoms with Gasteiger partial charge in [0.25, 0.3) is 0 Å². The average Bonchev–Trinajstić information content (AvgIpc) is 2.86. The van der Waals surface area contributed by atoms with Gasteiger partial charge in [0.05, 0.1) is 6.61 Å². The zero-order valence-electron chi connectivity index (χ0n) is 9.89. The minimum atomic E-state index is 0.150. The van der Waals surface area contributed by atoms with E-state index >= 15 is 0 Å². The van der Waals surface area contributed by atoms with Crippen LogP contribution >= 0.6 is 11.3 Å². The minimum absolute atomic E-state index is 0.150. The van der Waals surface area contributed by atoms with Crippen LogP contribution in [0.3, 0.4) is 0 Å². The Kier molecular flexibility index (Phi) is 4.31. The number of nitrogens with one attached hydrogen (secondary N) is 1. The van der Waals surface area contributed by atoms with Crippen LogP contribution in [0.15, 0.2) is 42.5 Å². The van der Waals surface area contributed by atoms with E-state index in [0.717, 1.165) is 6.54 Å². The SMILES string of the molecule is CC(CO)NCc1ccc(-c2ccccc2)s1. The van der Waals surface area contributed by atoms with Crippen LogP contribution in [0.4, 0.5) is 0 Å². The maximum absolute atomic E-state index is 8.94. The van der Waals surface area contributed by atoms with E-state index in [9.17, 15) is 0 Å². The van der Waals surface area contributed by atoms with Crippen molar-refractivity contribution < 1.29 is 5.11 Å². The number of thiophene rings is 1. The largest absolute Gasteiger partial charge is 0.395 e. The molecule has 1 unspecified atom stereocenters. The molecule has 1 aromatic carbocycles. The van der Waals surface area contributed by atoms with Gasteiger partial charge in [-0.1, -0.05) is 30.3 Å². The highest BCUT2D eigenvalue weighted by Crippen LogP contribution is 2.27. The number of rotatable bonds is 5. The topological polar surface area (TPSA) is 32.3 Å².